The van der Waals surface area contributed by atoms with Crippen molar-refractivity contribution in [2.75, 3.05) is 26.3 Å². The lowest BCUT2D eigenvalue weighted by atomic mass is 10.1. The van der Waals surface area contributed by atoms with E-state index < -0.39 is 6.09 Å². The Hall–Kier alpha value is -3.35. The summed E-state index contributed by atoms with van der Waals surface area (Å²) < 4.78 is 10.2. The van der Waals surface area contributed by atoms with Crippen LogP contribution in [-0.4, -0.2) is 60.1 Å². The molecule has 7 heteroatoms. The number of ether oxygens (including phenoxy) is 2. The van der Waals surface area contributed by atoms with E-state index in [1.54, 1.807) is 4.90 Å². The second kappa shape index (κ2) is 7.11. The van der Waals surface area contributed by atoms with Gasteiger partial charge in [-0.2, -0.15) is 0 Å². The van der Waals surface area contributed by atoms with Crippen molar-refractivity contribution in [2.24, 2.45) is 0 Å². The molecule has 4 rings (SSSR count). The van der Waals surface area contributed by atoms with Crippen LogP contribution in [0.25, 0.3) is 11.1 Å². The molecule has 2 saturated heterocycles. The molecule has 0 aromatic heterocycles. The van der Waals surface area contributed by atoms with Crippen molar-refractivity contribution in [1.82, 2.24) is 9.80 Å². The van der Waals surface area contributed by atoms with Crippen molar-refractivity contribution >= 4 is 17.9 Å². The number of benzene rings is 2. The van der Waals surface area contributed by atoms with Crippen LogP contribution in [0.4, 0.5) is 4.79 Å². The predicted molar refractivity (Wildman–Crippen MR) is 95.9 cm³/mol. The minimum Gasteiger partial charge on any atom is -0.484 e. The van der Waals surface area contributed by atoms with Crippen molar-refractivity contribution < 1.29 is 23.9 Å². The molecule has 7 nitrogen and oxygen atoms in total. The minimum atomic E-state index is -0.633. The summed E-state index contributed by atoms with van der Waals surface area (Å²) in [4.78, 5) is 37.9. The van der Waals surface area contributed by atoms with Gasteiger partial charge in [-0.1, -0.05) is 42.5 Å². The van der Waals surface area contributed by atoms with Gasteiger partial charge in [0, 0.05) is 13.1 Å². The standard InChI is InChI=1S/C20H18N2O5/c23-18(21-10-16(11-21)22-19(24)13-27-20(22)25)12-26-17-8-6-15(7-9-17)14-4-2-1-3-5-14/h1-9,16H,10-13H2. The normalized spacial score (nSPS) is 16.9. The molecule has 2 fully saturated rings. The van der Waals surface area contributed by atoms with Crippen LogP contribution in [0.5, 0.6) is 5.75 Å². The molecule has 0 saturated carbocycles. The van der Waals surface area contributed by atoms with E-state index in [1.807, 2.05) is 54.6 Å². The van der Waals surface area contributed by atoms with Gasteiger partial charge in [-0.15, -0.1) is 0 Å². The molecule has 2 heterocycles. The maximum Gasteiger partial charge on any atom is 0.417 e. The Bertz CT molecular complexity index is 844. The van der Waals surface area contributed by atoms with Crippen LogP contribution in [0.15, 0.2) is 54.6 Å². The lowest BCUT2D eigenvalue weighted by Gasteiger charge is -2.41. The molecule has 0 radical (unpaired) electrons. The summed E-state index contributed by atoms with van der Waals surface area (Å²) in [6.45, 7) is 0.327. The van der Waals surface area contributed by atoms with Gasteiger partial charge in [0.05, 0.1) is 6.04 Å². The smallest absolute Gasteiger partial charge is 0.417 e. The van der Waals surface area contributed by atoms with Gasteiger partial charge in [0.25, 0.3) is 11.8 Å². The molecule has 0 unspecified atom stereocenters. The Labute approximate surface area is 156 Å². The quantitative estimate of drug-likeness (QED) is 0.808. The Kier molecular flexibility index (Phi) is 4.50. The van der Waals surface area contributed by atoms with Crippen LogP contribution >= 0.6 is 0 Å². The number of cyclic esters (lactones) is 1. The number of likely N-dealkylation sites (tertiary alicyclic amines) is 1. The minimum absolute atomic E-state index is 0.0875. The van der Waals surface area contributed by atoms with Crippen molar-refractivity contribution in [3.8, 4) is 16.9 Å². The maximum absolute atomic E-state index is 12.2. The highest BCUT2D eigenvalue weighted by atomic mass is 16.6. The van der Waals surface area contributed by atoms with Crippen LogP contribution in [0.2, 0.25) is 0 Å². The third kappa shape index (κ3) is 3.48. The molecular formula is C20H18N2O5. The van der Waals surface area contributed by atoms with E-state index in [0.717, 1.165) is 16.0 Å². The molecule has 27 heavy (non-hydrogen) atoms. The summed E-state index contributed by atoms with van der Waals surface area (Å²) in [5.74, 6) is 0.0728. The lowest BCUT2D eigenvalue weighted by Crippen LogP contribution is -2.62. The molecule has 0 bridgehead atoms. The van der Waals surface area contributed by atoms with E-state index in [-0.39, 0.29) is 31.1 Å². The summed E-state index contributed by atoms with van der Waals surface area (Å²) >= 11 is 0. The maximum atomic E-state index is 12.2. The number of imide groups is 1. The first-order chi connectivity index (χ1) is 13.1. The second-order valence-electron chi connectivity index (χ2n) is 6.45. The average Bonchev–Trinajstić information content (AvgIpc) is 2.99. The van der Waals surface area contributed by atoms with Crippen LogP contribution < -0.4 is 4.74 Å². The number of hydrogen-bond acceptors (Lipinski definition) is 5. The first kappa shape index (κ1) is 17.1. The summed E-state index contributed by atoms with van der Waals surface area (Å²) in [7, 11) is 0. The Morgan fingerprint density at radius 3 is 2.30 bits per heavy atom. The van der Waals surface area contributed by atoms with Gasteiger partial charge in [-0.3, -0.25) is 9.59 Å². The Balaban J connectivity index is 1.27. The Morgan fingerprint density at radius 2 is 1.67 bits per heavy atom. The van der Waals surface area contributed by atoms with Crippen LogP contribution in [-0.2, 0) is 14.3 Å². The zero-order chi connectivity index (χ0) is 18.8. The first-order valence-electron chi connectivity index (χ1n) is 8.67. The molecule has 2 aliphatic heterocycles. The summed E-state index contributed by atoms with van der Waals surface area (Å²) in [6, 6.07) is 17.2. The number of carbonyl (C=O) groups is 3. The van der Waals surface area contributed by atoms with Gasteiger partial charge < -0.3 is 14.4 Å². The number of amides is 3. The first-order valence-corrected chi connectivity index (χ1v) is 8.67. The van der Waals surface area contributed by atoms with Crippen molar-refractivity contribution in [2.45, 2.75) is 6.04 Å². The SMILES string of the molecule is O=C(COc1ccc(-c2ccccc2)cc1)N1CC(N2C(=O)COC2=O)C1. The van der Waals surface area contributed by atoms with E-state index in [1.165, 1.54) is 0 Å². The number of carbonyl (C=O) groups excluding carboxylic acids is 3. The van der Waals surface area contributed by atoms with Crippen LogP contribution in [0, 0.1) is 0 Å². The van der Waals surface area contributed by atoms with Crippen molar-refractivity contribution in [3.63, 3.8) is 0 Å². The molecule has 2 aromatic rings. The molecule has 138 valence electrons. The van der Waals surface area contributed by atoms with E-state index in [4.69, 9.17) is 4.74 Å². The van der Waals surface area contributed by atoms with Crippen LogP contribution in [0.1, 0.15) is 0 Å². The summed E-state index contributed by atoms with van der Waals surface area (Å²) in [5, 5.41) is 0. The van der Waals surface area contributed by atoms with Crippen molar-refractivity contribution in [1.29, 1.82) is 0 Å². The fourth-order valence-electron chi connectivity index (χ4n) is 3.15. The molecule has 2 aliphatic rings. The largest absolute Gasteiger partial charge is 0.484 e. The summed E-state index contributed by atoms with van der Waals surface area (Å²) in [6.07, 6.45) is -0.633. The highest BCUT2D eigenvalue weighted by Crippen LogP contribution is 2.23. The fraction of sp³-hybridized carbons (Fsp3) is 0.250. The zero-order valence-electron chi connectivity index (χ0n) is 14.5. The molecular weight excluding hydrogens is 348 g/mol. The topological polar surface area (TPSA) is 76.2 Å². The molecule has 0 atom stereocenters. The molecule has 0 spiro atoms. The number of nitrogens with zero attached hydrogens (tertiary/aromatic N) is 2. The molecule has 0 aliphatic carbocycles. The zero-order valence-corrected chi connectivity index (χ0v) is 14.5. The molecule has 0 N–H and O–H groups in total. The van der Waals surface area contributed by atoms with E-state index >= 15 is 0 Å². The third-order valence-corrected chi connectivity index (χ3v) is 4.69. The van der Waals surface area contributed by atoms with Gasteiger partial charge in [-0.05, 0) is 23.3 Å². The fourth-order valence-corrected chi connectivity index (χ4v) is 3.15. The number of hydrogen-bond donors (Lipinski definition) is 0. The molecule has 2 aromatic carbocycles. The van der Waals surface area contributed by atoms with Crippen molar-refractivity contribution in [3.05, 3.63) is 54.6 Å². The van der Waals surface area contributed by atoms with Crippen LogP contribution in [0.3, 0.4) is 0 Å². The van der Waals surface area contributed by atoms with Gasteiger partial charge in [0.15, 0.2) is 13.2 Å². The molecule has 3 amide bonds. The average molecular weight is 366 g/mol. The highest BCUT2D eigenvalue weighted by molar-refractivity contribution is 5.98. The highest BCUT2D eigenvalue weighted by Gasteiger charge is 2.44. The van der Waals surface area contributed by atoms with E-state index in [2.05, 4.69) is 4.74 Å². The van der Waals surface area contributed by atoms with Gasteiger partial charge in [0.1, 0.15) is 5.75 Å². The van der Waals surface area contributed by atoms with Gasteiger partial charge >= 0.3 is 6.09 Å². The van der Waals surface area contributed by atoms with Gasteiger partial charge in [0.2, 0.25) is 0 Å². The third-order valence-electron chi connectivity index (χ3n) is 4.69. The number of rotatable bonds is 5. The monoisotopic (exact) mass is 366 g/mol. The summed E-state index contributed by atoms with van der Waals surface area (Å²) in [5.41, 5.74) is 2.18. The van der Waals surface area contributed by atoms with E-state index in [0.29, 0.717) is 18.8 Å². The second-order valence-corrected chi connectivity index (χ2v) is 6.45. The predicted octanol–water partition coefficient (Wildman–Crippen LogP) is 1.92. The lowest BCUT2D eigenvalue weighted by molar-refractivity contribution is -0.143. The van der Waals surface area contributed by atoms with Gasteiger partial charge in [-0.25, -0.2) is 9.69 Å². The Morgan fingerprint density at radius 1 is 1.00 bits per heavy atom. The van der Waals surface area contributed by atoms with E-state index in [9.17, 15) is 14.4 Å².